The lowest BCUT2D eigenvalue weighted by atomic mass is 10.1. The number of carbonyl (C=O) groups excluding carboxylic acids is 2. The number of hydrogen-bond acceptors (Lipinski definition) is 3. The van der Waals surface area contributed by atoms with Crippen molar-refractivity contribution >= 4 is 12.3 Å². The van der Waals surface area contributed by atoms with E-state index in [0.29, 0.717) is 13.0 Å². The van der Waals surface area contributed by atoms with Crippen LogP contribution >= 0.6 is 0 Å². The molecule has 5 nitrogen and oxygen atoms in total. The van der Waals surface area contributed by atoms with Gasteiger partial charge in [-0.25, -0.2) is 0 Å². The number of nitrogens with one attached hydrogen (secondary N) is 2. The Labute approximate surface area is 83.8 Å². The Morgan fingerprint density at radius 1 is 1.57 bits per heavy atom. The van der Waals surface area contributed by atoms with Crippen molar-refractivity contribution in [1.82, 2.24) is 15.5 Å². The summed E-state index contributed by atoms with van der Waals surface area (Å²) < 4.78 is 0. The summed E-state index contributed by atoms with van der Waals surface area (Å²) in [5.74, 6) is -0.000787. The molecular weight excluding hydrogens is 182 g/mol. The van der Waals surface area contributed by atoms with Crippen molar-refractivity contribution in [3.8, 4) is 0 Å². The van der Waals surface area contributed by atoms with Crippen molar-refractivity contribution in [3.05, 3.63) is 0 Å². The van der Waals surface area contributed by atoms with Gasteiger partial charge < -0.3 is 15.5 Å². The largest absolute Gasteiger partial charge is 0.358 e. The van der Waals surface area contributed by atoms with Crippen molar-refractivity contribution in [2.45, 2.75) is 6.92 Å². The van der Waals surface area contributed by atoms with Gasteiger partial charge in [-0.1, -0.05) is 6.92 Å². The lowest BCUT2D eigenvalue weighted by molar-refractivity contribution is -0.135. The van der Waals surface area contributed by atoms with Crippen LogP contribution in [-0.4, -0.2) is 49.9 Å². The van der Waals surface area contributed by atoms with E-state index < -0.39 is 0 Å². The molecule has 0 saturated carbocycles. The molecule has 0 spiro atoms. The van der Waals surface area contributed by atoms with Crippen LogP contribution in [0.2, 0.25) is 0 Å². The summed E-state index contributed by atoms with van der Waals surface area (Å²) in [6.45, 7) is 5.51. The molecule has 2 amide bonds. The normalized spacial score (nSPS) is 18.8. The molecule has 1 atom stereocenters. The fraction of sp³-hybridized carbons (Fsp3) is 0.778. The van der Waals surface area contributed by atoms with E-state index in [-0.39, 0.29) is 11.8 Å². The molecule has 0 bridgehead atoms. The molecule has 1 unspecified atom stereocenters. The third-order valence-corrected chi connectivity index (χ3v) is 2.36. The van der Waals surface area contributed by atoms with Crippen LogP contribution in [0.15, 0.2) is 0 Å². The van der Waals surface area contributed by atoms with E-state index in [9.17, 15) is 9.59 Å². The Morgan fingerprint density at radius 2 is 2.21 bits per heavy atom. The quantitative estimate of drug-likeness (QED) is 0.559. The minimum absolute atomic E-state index is 0.126. The van der Waals surface area contributed by atoms with Crippen LogP contribution in [0.25, 0.3) is 0 Å². The van der Waals surface area contributed by atoms with Gasteiger partial charge in [0, 0.05) is 32.7 Å². The molecular formula is C9H17N3O2. The maximum atomic E-state index is 11.7. The summed E-state index contributed by atoms with van der Waals surface area (Å²) in [5.41, 5.74) is 0. The molecule has 1 aliphatic heterocycles. The van der Waals surface area contributed by atoms with Crippen molar-refractivity contribution < 1.29 is 9.59 Å². The topological polar surface area (TPSA) is 61.4 Å². The number of amides is 2. The first-order valence-corrected chi connectivity index (χ1v) is 4.92. The molecule has 0 aromatic heterocycles. The minimum Gasteiger partial charge on any atom is -0.358 e. The van der Waals surface area contributed by atoms with Crippen molar-refractivity contribution in [3.63, 3.8) is 0 Å². The van der Waals surface area contributed by atoms with Gasteiger partial charge >= 0.3 is 0 Å². The Morgan fingerprint density at radius 3 is 2.79 bits per heavy atom. The van der Waals surface area contributed by atoms with Gasteiger partial charge in [0.1, 0.15) is 0 Å². The van der Waals surface area contributed by atoms with Gasteiger partial charge in [-0.2, -0.15) is 0 Å². The summed E-state index contributed by atoms with van der Waals surface area (Å²) in [4.78, 5) is 23.6. The first-order valence-electron chi connectivity index (χ1n) is 4.92. The Bertz CT molecular complexity index is 202. The standard InChI is InChI=1S/C9H17N3O2/c1-8(6-11-7-13)9(14)12-4-2-10-3-5-12/h7-8,10H,2-6H2,1H3,(H,11,13). The van der Waals surface area contributed by atoms with Gasteiger partial charge in [-0.05, 0) is 0 Å². The fourth-order valence-corrected chi connectivity index (χ4v) is 1.51. The van der Waals surface area contributed by atoms with Crippen LogP contribution in [0, 0.1) is 5.92 Å². The molecule has 2 N–H and O–H groups in total. The molecule has 1 saturated heterocycles. The van der Waals surface area contributed by atoms with E-state index >= 15 is 0 Å². The highest BCUT2D eigenvalue weighted by atomic mass is 16.2. The number of nitrogens with zero attached hydrogens (tertiary/aromatic N) is 1. The van der Waals surface area contributed by atoms with Gasteiger partial charge in [0.05, 0.1) is 5.92 Å². The monoisotopic (exact) mass is 199 g/mol. The minimum atomic E-state index is -0.127. The average Bonchev–Trinajstić information content (AvgIpc) is 2.26. The SMILES string of the molecule is CC(CNC=O)C(=O)N1CCNCC1. The molecule has 0 aliphatic carbocycles. The molecule has 14 heavy (non-hydrogen) atoms. The highest BCUT2D eigenvalue weighted by molar-refractivity contribution is 5.79. The fourth-order valence-electron chi connectivity index (χ4n) is 1.51. The third-order valence-electron chi connectivity index (χ3n) is 2.36. The number of rotatable bonds is 4. The summed E-state index contributed by atoms with van der Waals surface area (Å²) in [5, 5.41) is 5.71. The van der Waals surface area contributed by atoms with Gasteiger partial charge in [0.2, 0.25) is 12.3 Å². The second kappa shape index (κ2) is 5.59. The second-order valence-electron chi connectivity index (χ2n) is 3.50. The van der Waals surface area contributed by atoms with Gasteiger partial charge in [0.15, 0.2) is 0 Å². The third kappa shape index (κ3) is 2.99. The van der Waals surface area contributed by atoms with Crippen LogP contribution in [0.5, 0.6) is 0 Å². The molecule has 80 valence electrons. The second-order valence-corrected chi connectivity index (χ2v) is 3.50. The Hall–Kier alpha value is -1.10. The molecule has 1 rings (SSSR count). The van der Waals surface area contributed by atoms with Crippen molar-refractivity contribution in [2.75, 3.05) is 32.7 Å². The van der Waals surface area contributed by atoms with E-state index in [0.717, 1.165) is 26.2 Å². The van der Waals surface area contributed by atoms with E-state index in [2.05, 4.69) is 10.6 Å². The van der Waals surface area contributed by atoms with Crippen LogP contribution in [0.4, 0.5) is 0 Å². The molecule has 0 aromatic carbocycles. The van der Waals surface area contributed by atoms with E-state index in [4.69, 9.17) is 0 Å². The van der Waals surface area contributed by atoms with Crippen molar-refractivity contribution in [1.29, 1.82) is 0 Å². The van der Waals surface area contributed by atoms with Gasteiger partial charge in [-0.3, -0.25) is 9.59 Å². The lowest BCUT2D eigenvalue weighted by Gasteiger charge is -2.29. The van der Waals surface area contributed by atoms with Gasteiger partial charge in [0.25, 0.3) is 0 Å². The van der Waals surface area contributed by atoms with E-state index in [1.165, 1.54) is 0 Å². The van der Waals surface area contributed by atoms with Crippen LogP contribution in [0.1, 0.15) is 6.92 Å². The first kappa shape index (κ1) is 11.0. The molecule has 0 radical (unpaired) electrons. The zero-order chi connectivity index (χ0) is 10.4. The molecule has 1 heterocycles. The molecule has 1 fully saturated rings. The molecule has 1 aliphatic rings. The Balaban J connectivity index is 2.34. The zero-order valence-corrected chi connectivity index (χ0v) is 8.45. The smallest absolute Gasteiger partial charge is 0.227 e. The predicted octanol–water partition coefficient (Wildman–Crippen LogP) is -1.20. The number of carbonyl (C=O) groups is 2. The van der Waals surface area contributed by atoms with E-state index in [1.54, 1.807) is 0 Å². The maximum Gasteiger partial charge on any atom is 0.227 e. The summed E-state index contributed by atoms with van der Waals surface area (Å²) in [7, 11) is 0. The van der Waals surface area contributed by atoms with Gasteiger partial charge in [-0.15, -0.1) is 0 Å². The van der Waals surface area contributed by atoms with Crippen LogP contribution < -0.4 is 10.6 Å². The van der Waals surface area contributed by atoms with Crippen molar-refractivity contribution in [2.24, 2.45) is 5.92 Å². The lowest BCUT2D eigenvalue weighted by Crippen LogP contribution is -2.49. The first-order chi connectivity index (χ1) is 6.75. The van der Waals surface area contributed by atoms with Crippen LogP contribution in [0.3, 0.4) is 0 Å². The number of hydrogen-bond donors (Lipinski definition) is 2. The average molecular weight is 199 g/mol. The highest BCUT2D eigenvalue weighted by Crippen LogP contribution is 2.02. The summed E-state index contributed by atoms with van der Waals surface area (Å²) in [6, 6.07) is 0. The van der Waals surface area contributed by atoms with E-state index in [1.807, 2.05) is 11.8 Å². The predicted molar refractivity (Wildman–Crippen MR) is 52.7 cm³/mol. The molecule has 5 heteroatoms. The summed E-state index contributed by atoms with van der Waals surface area (Å²) >= 11 is 0. The number of piperazine rings is 1. The molecule has 0 aromatic rings. The highest BCUT2D eigenvalue weighted by Gasteiger charge is 2.21. The Kier molecular flexibility index (Phi) is 4.39. The zero-order valence-electron chi connectivity index (χ0n) is 8.45. The summed E-state index contributed by atoms with van der Waals surface area (Å²) in [6.07, 6.45) is 0.627. The van der Waals surface area contributed by atoms with Crippen LogP contribution in [-0.2, 0) is 9.59 Å². The maximum absolute atomic E-state index is 11.7.